The van der Waals surface area contributed by atoms with Gasteiger partial charge in [0.25, 0.3) is 0 Å². The van der Waals surface area contributed by atoms with Crippen LogP contribution in [-0.4, -0.2) is 27.4 Å². The third kappa shape index (κ3) is 12.5. The predicted molar refractivity (Wildman–Crippen MR) is 160 cm³/mol. The van der Waals surface area contributed by atoms with Crippen molar-refractivity contribution in [2.75, 3.05) is 27.4 Å². The minimum atomic E-state index is 0.233. The molecular weight excluding hydrogens is 468 g/mol. The van der Waals surface area contributed by atoms with Crippen LogP contribution in [0, 0.1) is 11.3 Å². The zero-order valence-corrected chi connectivity index (χ0v) is 24.4. The van der Waals surface area contributed by atoms with Crippen molar-refractivity contribution in [1.82, 2.24) is 5.32 Å². The average Bonchev–Trinajstić information content (AvgIpc) is 2.94. The Kier molecular flexibility index (Phi) is 17.3. The highest BCUT2D eigenvalue weighted by Gasteiger charge is 2.17. The number of rotatable bonds is 22. The summed E-state index contributed by atoms with van der Waals surface area (Å²) in [6.07, 6.45) is 17.9. The van der Waals surface area contributed by atoms with Gasteiger partial charge in [-0.3, -0.25) is 0 Å². The van der Waals surface area contributed by atoms with E-state index in [1.54, 1.807) is 14.2 Å². The second-order valence-electron chi connectivity index (χ2n) is 10.5. The Bertz CT molecular complexity index is 921. The number of nitrogens with one attached hydrogen (secondary N) is 1. The van der Waals surface area contributed by atoms with Crippen LogP contribution in [0.4, 0.5) is 0 Å². The molecule has 2 aromatic rings. The second kappa shape index (κ2) is 20.6. The third-order valence-electron chi connectivity index (χ3n) is 7.51. The van der Waals surface area contributed by atoms with Gasteiger partial charge in [0, 0.05) is 19.8 Å². The molecule has 0 aliphatic carbocycles. The van der Waals surface area contributed by atoms with E-state index in [4.69, 9.17) is 9.47 Å². The molecule has 210 valence electrons. The lowest BCUT2D eigenvalue weighted by molar-refractivity contribution is 0.182. The van der Waals surface area contributed by atoms with Gasteiger partial charge < -0.3 is 14.8 Å². The van der Waals surface area contributed by atoms with E-state index in [9.17, 15) is 5.26 Å². The van der Waals surface area contributed by atoms with Crippen LogP contribution in [0.5, 0.6) is 5.75 Å². The van der Waals surface area contributed by atoms with E-state index in [1.807, 2.05) is 6.07 Å². The molecule has 0 saturated carbocycles. The SMILES string of the molecule is CCCCCCCCCCCCc1c(CC#N)cccc1C(CCOC)NCCCc1cccc(OC)c1. The van der Waals surface area contributed by atoms with Crippen molar-refractivity contribution >= 4 is 0 Å². The quantitative estimate of drug-likeness (QED) is 0.158. The minimum absolute atomic E-state index is 0.233. The summed E-state index contributed by atoms with van der Waals surface area (Å²) >= 11 is 0. The maximum atomic E-state index is 9.49. The fraction of sp³-hybridized carbons (Fsp3) is 0.618. The molecule has 0 saturated heterocycles. The largest absolute Gasteiger partial charge is 0.497 e. The van der Waals surface area contributed by atoms with Gasteiger partial charge in [0.2, 0.25) is 0 Å². The van der Waals surface area contributed by atoms with Crippen LogP contribution in [0.2, 0.25) is 0 Å². The Hall–Kier alpha value is -2.35. The molecule has 2 rings (SSSR count). The van der Waals surface area contributed by atoms with Crippen molar-refractivity contribution in [3.05, 3.63) is 64.7 Å². The third-order valence-corrected chi connectivity index (χ3v) is 7.51. The Morgan fingerprint density at radius 3 is 2.24 bits per heavy atom. The van der Waals surface area contributed by atoms with Gasteiger partial charge >= 0.3 is 0 Å². The van der Waals surface area contributed by atoms with E-state index >= 15 is 0 Å². The number of benzene rings is 2. The highest BCUT2D eigenvalue weighted by Crippen LogP contribution is 2.27. The molecule has 0 spiro atoms. The summed E-state index contributed by atoms with van der Waals surface area (Å²) in [4.78, 5) is 0. The number of unbranched alkanes of at least 4 members (excludes halogenated alkanes) is 9. The highest BCUT2D eigenvalue weighted by atomic mass is 16.5. The van der Waals surface area contributed by atoms with Crippen LogP contribution >= 0.6 is 0 Å². The summed E-state index contributed by atoms with van der Waals surface area (Å²) in [7, 11) is 3.49. The fourth-order valence-electron chi connectivity index (χ4n) is 5.33. The van der Waals surface area contributed by atoms with Crippen molar-refractivity contribution in [3.8, 4) is 11.8 Å². The Labute approximate surface area is 233 Å². The zero-order valence-electron chi connectivity index (χ0n) is 24.4. The molecule has 0 aliphatic heterocycles. The average molecular weight is 521 g/mol. The summed E-state index contributed by atoms with van der Waals surface area (Å²) in [6.45, 7) is 3.93. The predicted octanol–water partition coefficient (Wildman–Crippen LogP) is 8.52. The van der Waals surface area contributed by atoms with Crippen molar-refractivity contribution < 1.29 is 9.47 Å². The van der Waals surface area contributed by atoms with Crippen LogP contribution in [0.1, 0.15) is 112 Å². The molecule has 0 radical (unpaired) electrons. The first-order valence-electron chi connectivity index (χ1n) is 15.1. The maximum Gasteiger partial charge on any atom is 0.119 e. The molecule has 4 nitrogen and oxygen atoms in total. The number of ether oxygens (including phenoxy) is 2. The first kappa shape index (κ1) is 31.9. The van der Waals surface area contributed by atoms with E-state index in [-0.39, 0.29) is 6.04 Å². The van der Waals surface area contributed by atoms with Crippen LogP contribution in [0.15, 0.2) is 42.5 Å². The van der Waals surface area contributed by atoms with E-state index in [0.29, 0.717) is 13.0 Å². The molecule has 1 atom stereocenters. The van der Waals surface area contributed by atoms with Crippen molar-refractivity contribution in [3.63, 3.8) is 0 Å². The Balaban J connectivity index is 1.94. The molecule has 2 aromatic carbocycles. The number of aryl methyl sites for hydroxylation is 1. The normalized spacial score (nSPS) is 11.8. The molecule has 0 fully saturated rings. The van der Waals surface area contributed by atoms with Gasteiger partial charge in [0.1, 0.15) is 5.75 Å². The molecule has 1 unspecified atom stereocenters. The first-order valence-corrected chi connectivity index (χ1v) is 15.1. The second-order valence-corrected chi connectivity index (χ2v) is 10.5. The van der Waals surface area contributed by atoms with Gasteiger partial charge in [-0.2, -0.15) is 5.26 Å². The van der Waals surface area contributed by atoms with E-state index in [0.717, 1.165) is 38.0 Å². The topological polar surface area (TPSA) is 54.3 Å². The standard InChI is InChI=1S/C34H52N2O2/c1-4-5-6-7-8-9-10-11-12-13-21-32-30(23-25-35)19-15-22-33(32)34(24-27-37-2)36-26-16-18-29-17-14-20-31(28-29)38-3/h14-15,17,19-20,22,28,34,36H,4-13,16,18,21,23-24,26-27H2,1-3H3. The van der Waals surface area contributed by atoms with Gasteiger partial charge in [-0.05, 0) is 73.0 Å². The van der Waals surface area contributed by atoms with Crippen molar-refractivity contribution in [2.24, 2.45) is 0 Å². The molecule has 0 heterocycles. The smallest absolute Gasteiger partial charge is 0.119 e. The molecule has 1 N–H and O–H groups in total. The van der Waals surface area contributed by atoms with Crippen LogP contribution in [0.3, 0.4) is 0 Å². The first-order chi connectivity index (χ1) is 18.7. The Morgan fingerprint density at radius 1 is 0.842 bits per heavy atom. The van der Waals surface area contributed by atoms with Gasteiger partial charge in [0.05, 0.1) is 19.6 Å². The van der Waals surface area contributed by atoms with E-state index < -0.39 is 0 Å². The molecule has 0 bridgehead atoms. The van der Waals surface area contributed by atoms with Crippen molar-refractivity contribution in [2.45, 2.75) is 109 Å². The summed E-state index contributed by atoms with van der Waals surface area (Å²) in [5, 5.41) is 13.3. The summed E-state index contributed by atoms with van der Waals surface area (Å²) in [5.41, 5.74) is 5.24. The maximum absolute atomic E-state index is 9.49. The van der Waals surface area contributed by atoms with Gasteiger partial charge in [0.15, 0.2) is 0 Å². The summed E-state index contributed by atoms with van der Waals surface area (Å²) < 4.78 is 10.8. The molecule has 38 heavy (non-hydrogen) atoms. The summed E-state index contributed by atoms with van der Waals surface area (Å²) in [5.74, 6) is 0.916. The zero-order chi connectivity index (χ0) is 27.3. The van der Waals surface area contributed by atoms with Gasteiger partial charge in [-0.25, -0.2) is 0 Å². The van der Waals surface area contributed by atoms with E-state index in [2.05, 4.69) is 54.7 Å². The van der Waals surface area contributed by atoms with Crippen molar-refractivity contribution in [1.29, 1.82) is 5.26 Å². The molecule has 0 aromatic heterocycles. The highest BCUT2D eigenvalue weighted by molar-refractivity contribution is 5.39. The van der Waals surface area contributed by atoms with Gasteiger partial charge in [-0.15, -0.1) is 0 Å². The number of methoxy groups -OCH3 is 2. The minimum Gasteiger partial charge on any atom is -0.497 e. The number of nitriles is 1. The molecule has 4 heteroatoms. The van der Waals surface area contributed by atoms with Crippen LogP contribution in [-0.2, 0) is 24.0 Å². The molecule has 0 amide bonds. The van der Waals surface area contributed by atoms with Crippen LogP contribution < -0.4 is 10.1 Å². The lowest BCUT2D eigenvalue weighted by Crippen LogP contribution is -2.25. The lowest BCUT2D eigenvalue weighted by atomic mass is 9.89. The lowest BCUT2D eigenvalue weighted by Gasteiger charge is -2.24. The summed E-state index contributed by atoms with van der Waals surface area (Å²) in [6, 6.07) is 17.5. The molecular formula is C34H52N2O2. The van der Waals surface area contributed by atoms with E-state index in [1.165, 1.54) is 86.5 Å². The van der Waals surface area contributed by atoms with Crippen LogP contribution in [0.25, 0.3) is 0 Å². The Morgan fingerprint density at radius 2 is 1.55 bits per heavy atom. The number of hydrogen-bond acceptors (Lipinski definition) is 4. The number of hydrogen-bond donors (Lipinski definition) is 1. The number of nitrogens with zero attached hydrogens (tertiary/aromatic N) is 1. The molecule has 0 aliphatic rings. The fourth-order valence-corrected chi connectivity index (χ4v) is 5.33. The van der Waals surface area contributed by atoms with Gasteiger partial charge in [-0.1, -0.05) is 95.0 Å². The monoisotopic (exact) mass is 520 g/mol.